The molecule has 0 spiro atoms. The monoisotopic (exact) mass is 1870 g/mol. The van der Waals surface area contributed by atoms with Crippen molar-refractivity contribution in [1.82, 2.24) is 39.0 Å². The summed E-state index contributed by atoms with van der Waals surface area (Å²) >= 11 is 0. The van der Waals surface area contributed by atoms with Crippen LogP contribution in [0, 0.1) is 0 Å². The van der Waals surface area contributed by atoms with E-state index >= 15 is 4.79 Å². The number of hydroxylamine groups is 1. The second kappa shape index (κ2) is 34.4. The van der Waals surface area contributed by atoms with Gasteiger partial charge in [0.15, 0.2) is 23.1 Å². The van der Waals surface area contributed by atoms with Crippen LogP contribution in [0.1, 0.15) is 90.0 Å². The average Bonchev–Trinajstić information content (AvgIpc) is 0.827. The maximum Gasteiger partial charge on any atom is 0.335 e. The van der Waals surface area contributed by atoms with Gasteiger partial charge in [-0.05, 0) is 108 Å². The fraction of sp³-hybridized carbons (Fsp3) is 0.0588. The van der Waals surface area contributed by atoms with Gasteiger partial charge in [-0.2, -0.15) is 63.6 Å². The molecule has 12 N–H and O–H groups in total. The van der Waals surface area contributed by atoms with Crippen molar-refractivity contribution in [3.05, 3.63) is 276 Å². The van der Waals surface area contributed by atoms with E-state index in [1.165, 1.54) is 91.5 Å². The predicted molar refractivity (Wildman–Crippen MR) is 464 cm³/mol. The summed E-state index contributed by atoms with van der Waals surface area (Å²) in [6.07, 6.45) is 0. The van der Waals surface area contributed by atoms with E-state index in [0.717, 1.165) is 83.4 Å². The summed E-state index contributed by atoms with van der Waals surface area (Å²) in [7, 11) is -18.4. The molecule has 0 fully saturated rings. The van der Waals surface area contributed by atoms with Gasteiger partial charge in [-0.3, -0.25) is 61.8 Å². The number of anilines is 10. The van der Waals surface area contributed by atoms with Gasteiger partial charge >= 0.3 is 24.0 Å². The number of carbonyl (C=O) groups excluding carboxylic acids is 6. The van der Waals surface area contributed by atoms with Crippen molar-refractivity contribution in [3.63, 3.8) is 0 Å². The number of aromatic carboxylic acids is 2. The number of carboxylic acid groups (broad SMARTS) is 2. The highest BCUT2D eigenvalue weighted by Crippen LogP contribution is 2.48. The number of carbonyl (C=O) groups is 8. The topological polar surface area (TPSA) is 636 Å². The van der Waals surface area contributed by atoms with E-state index in [0.29, 0.717) is 6.07 Å². The van der Waals surface area contributed by atoms with Crippen LogP contribution in [0.25, 0.3) is 44.1 Å². The number of nitrogens with zero attached hydrogens (tertiary/aromatic N) is 9. The number of benzene rings is 10. The van der Waals surface area contributed by atoms with Crippen molar-refractivity contribution in [1.29, 1.82) is 0 Å². The molecule has 0 amide bonds. The van der Waals surface area contributed by atoms with E-state index in [1.54, 1.807) is 36.4 Å². The molecule has 666 valence electrons. The average molecular weight is 1870 g/mol. The lowest BCUT2D eigenvalue weighted by Crippen LogP contribution is -2.29. The SMILES string of the molecule is Cn1c(=O)c(C(=O)c2ccccc2)c2c3c(c(Nc4ccc(S(=O)(=O)O)c(Nc5nc(NCCN(O)c6nc(Nc7cc(Nc8ccc9c%10c8C(=O)c8ccccc8-c%10c(C(=O)c8cccc(S(=O)(=O)O)c8)c(=O)n9C)c(S(=O)(=O)O)cc7CS(=O)(=O)O)nc(Oc7cc(OC=O)cc(C(=O)O)c7)n6)nc(Oc6cc(OC=O)cc(C(=O)O)c6)n5)c4)ccc31)C(=O)c1ccccc1-2. The summed E-state index contributed by atoms with van der Waals surface area (Å²) in [6.45, 7) is -1.47. The van der Waals surface area contributed by atoms with Gasteiger partial charge < -0.3 is 64.9 Å². The number of ether oxygens (including phenoxy) is 4. The zero-order chi connectivity index (χ0) is 94.1. The molecule has 0 saturated carbocycles. The molecular weight excluding hydrogens is 1810 g/mol. The second-order valence-corrected chi connectivity index (χ2v) is 34.5. The molecule has 0 radical (unpaired) electrons. The van der Waals surface area contributed by atoms with Crippen LogP contribution < -0.4 is 61.7 Å². The smallest absolute Gasteiger partial charge is 0.335 e. The number of carboxylic acids is 2. The Hall–Kier alpha value is -16.8. The summed E-state index contributed by atoms with van der Waals surface area (Å²) in [5.41, 5.74) is -6.67. The van der Waals surface area contributed by atoms with Crippen LogP contribution >= 0.6 is 0 Å². The lowest BCUT2D eigenvalue weighted by atomic mass is 9.80. The van der Waals surface area contributed by atoms with E-state index in [1.807, 2.05) is 0 Å². The number of rotatable bonds is 32. The number of nitrogens with one attached hydrogen (secondary N) is 5. The number of ketones is 4. The quantitative estimate of drug-likeness (QED) is 0.00807. The first-order valence-corrected chi connectivity index (χ1v) is 43.9. The zero-order valence-corrected chi connectivity index (χ0v) is 70.3. The Labute approximate surface area is 740 Å². The lowest BCUT2D eigenvalue weighted by Gasteiger charge is -2.26. The van der Waals surface area contributed by atoms with Crippen molar-refractivity contribution in [3.8, 4) is 57.3 Å². The predicted octanol–water partition coefficient (Wildman–Crippen LogP) is 10.1. The molecule has 0 bridgehead atoms. The van der Waals surface area contributed by atoms with Gasteiger partial charge in [-0.1, -0.05) is 91.0 Å². The maximum atomic E-state index is 15.1. The van der Waals surface area contributed by atoms with E-state index < -0.39 is 218 Å². The minimum Gasteiger partial charge on any atom is -0.478 e. The number of fused-ring (bicyclic) bond motifs is 4. The Kier molecular flexibility index (Phi) is 23.1. The van der Waals surface area contributed by atoms with Crippen molar-refractivity contribution >= 4 is 168 Å². The third-order valence-electron chi connectivity index (χ3n) is 20.6. The Bertz CT molecular complexity index is 8060. The zero-order valence-electron chi connectivity index (χ0n) is 67.0. The van der Waals surface area contributed by atoms with Gasteiger partial charge in [0, 0.05) is 88.3 Å². The highest BCUT2D eigenvalue weighted by atomic mass is 32.2. The molecule has 14 aromatic rings. The van der Waals surface area contributed by atoms with E-state index in [9.17, 15) is 110 Å². The molecule has 0 atom stereocenters. The van der Waals surface area contributed by atoms with Crippen molar-refractivity contribution in [2.45, 2.75) is 20.4 Å². The standard InChI is InChI=1S/C85H58N14O29S4/c1-97-60-22-20-55(66-68(60)64(51-15-6-8-17-53(51)74(66)104)70(76(97)106)72(102)40-11-4-3-5-12-40)87-45-19-24-62(131(119,120)121)58(33-45)90-81-91-80(93-84(94-81)127-48-29-42(78(108)109)27-46(34-48)125-38-100)86-25-26-99(112)83-92-82(95-85(96-83)128-49-30-43(79(110)111)28-47(35-49)126-39-101)89-57-36-59(63(132(122,123)124)32-44(57)37-129(113,114)115)88-56-21-23-61-69-65(52-16-7-9-18-54(52)75(105)67(56)69)71(77(107)98(61)2)73(103)41-13-10-14-50(31-41)130(116,117)118/h3-24,27-36,38-39,87-88,112H,25-26,37H2,1-2H3,(H,108,109)(H,110,111)(H,113,114,115)(H,116,117,118)(H,119,120,121)(H,122,123,124)(H,89,92,95,96)(H2,86,90,91,93,94). The van der Waals surface area contributed by atoms with Crippen LogP contribution in [0.2, 0.25) is 0 Å². The molecule has 2 aliphatic rings. The molecule has 10 aromatic carbocycles. The molecular formula is C85H58N14O29S4. The molecule has 43 nitrogen and oxygen atoms in total. The third kappa shape index (κ3) is 17.5. The second-order valence-electron chi connectivity index (χ2n) is 28.8. The van der Waals surface area contributed by atoms with Gasteiger partial charge in [0.2, 0.25) is 17.8 Å². The number of hydrogen-bond donors (Lipinski definition) is 12. The highest BCUT2D eigenvalue weighted by Gasteiger charge is 2.38. The fourth-order valence-corrected chi connectivity index (χ4v) is 17.4. The van der Waals surface area contributed by atoms with Crippen LogP contribution in [0.4, 0.5) is 57.9 Å². The van der Waals surface area contributed by atoms with Crippen LogP contribution in [-0.2, 0) is 69.9 Å². The molecule has 16 rings (SSSR count). The molecule has 4 aromatic heterocycles. The fourth-order valence-electron chi connectivity index (χ4n) is 14.9. The minimum absolute atomic E-state index is 0.0171. The largest absolute Gasteiger partial charge is 0.478 e. The molecule has 0 aliphatic heterocycles. The van der Waals surface area contributed by atoms with Gasteiger partial charge in [-0.25, -0.2) is 14.7 Å². The first-order valence-electron chi connectivity index (χ1n) is 37.9. The maximum absolute atomic E-state index is 15.1. The third-order valence-corrected chi connectivity index (χ3v) is 23.9. The molecule has 4 heterocycles. The Morgan fingerprint density at radius 3 is 1.43 bits per heavy atom. The van der Waals surface area contributed by atoms with Gasteiger partial charge in [0.25, 0.3) is 70.5 Å². The Morgan fingerprint density at radius 2 is 0.909 bits per heavy atom. The molecule has 132 heavy (non-hydrogen) atoms. The first-order chi connectivity index (χ1) is 62.7. The normalized spacial score (nSPS) is 12.1. The van der Waals surface area contributed by atoms with Gasteiger partial charge in [0.1, 0.15) is 38.5 Å². The van der Waals surface area contributed by atoms with Crippen molar-refractivity contribution < 1.29 is 125 Å². The Morgan fingerprint density at radius 1 is 0.432 bits per heavy atom. The number of aryl methyl sites for hydroxylation is 2. The minimum atomic E-state index is -5.60. The van der Waals surface area contributed by atoms with Crippen LogP contribution in [-0.4, -0.2) is 167 Å². The summed E-state index contributed by atoms with van der Waals surface area (Å²) in [4.78, 5) is 159. The van der Waals surface area contributed by atoms with Crippen molar-refractivity contribution in [2.24, 2.45) is 14.1 Å². The molecule has 47 heteroatoms. The Balaban J connectivity index is 0.771. The van der Waals surface area contributed by atoms with Crippen LogP contribution in [0.15, 0.2) is 218 Å². The van der Waals surface area contributed by atoms with E-state index in [-0.39, 0.29) is 118 Å². The highest BCUT2D eigenvalue weighted by molar-refractivity contribution is 7.86. The summed E-state index contributed by atoms with van der Waals surface area (Å²) in [5.74, 6) is -12.5. The number of pyridine rings is 2. The first kappa shape index (κ1) is 88.6. The van der Waals surface area contributed by atoms with Crippen molar-refractivity contribution in [2.75, 3.05) is 44.7 Å². The number of aromatic nitrogens is 8. The van der Waals surface area contributed by atoms with Crippen LogP contribution in [0.3, 0.4) is 0 Å². The van der Waals surface area contributed by atoms with Crippen LogP contribution in [0.5, 0.6) is 35.0 Å². The molecule has 2 aliphatic carbocycles. The van der Waals surface area contributed by atoms with Gasteiger partial charge in [-0.15, -0.1) is 0 Å². The summed E-state index contributed by atoms with van der Waals surface area (Å²) in [6, 6.07) is 38.1. The molecule has 0 saturated heterocycles. The summed E-state index contributed by atoms with van der Waals surface area (Å²) < 4.78 is 171. The van der Waals surface area contributed by atoms with E-state index in [4.69, 9.17) is 18.9 Å². The number of hydrogen-bond acceptors (Lipinski definition) is 35. The summed E-state index contributed by atoms with van der Waals surface area (Å²) in [5, 5.41) is 46.5. The van der Waals surface area contributed by atoms with Gasteiger partial charge in [0.05, 0.1) is 78.6 Å². The lowest BCUT2D eigenvalue weighted by molar-refractivity contribution is -0.121. The van der Waals surface area contributed by atoms with E-state index in [2.05, 4.69) is 56.5 Å². The molecule has 0 unspecified atom stereocenters.